The van der Waals surface area contributed by atoms with Crippen LogP contribution in [0.5, 0.6) is 0 Å². The molecule has 2 N–H and O–H groups in total. The summed E-state index contributed by atoms with van der Waals surface area (Å²) in [5, 5.41) is 20.4. The Morgan fingerprint density at radius 2 is 2.06 bits per heavy atom. The highest BCUT2D eigenvalue weighted by molar-refractivity contribution is 6.30. The number of aliphatic hydroxyl groups excluding tert-OH is 2. The molecule has 2 aliphatic rings. The van der Waals surface area contributed by atoms with E-state index in [2.05, 4.69) is 6.92 Å². The van der Waals surface area contributed by atoms with Crippen molar-refractivity contribution in [3.8, 4) is 0 Å². The number of piperidine rings is 1. The minimum Gasteiger partial charge on any atom is -0.392 e. The summed E-state index contributed by atoms with van der Waals surface area (Å²) >= 11 is 5.77. The summed E-state index contributed by atoms with van der Waals surface area (Å²) in [6.45, 7) is 5.03. The van der Waals surface area contributed by atoms with Crippen molar-refractivity contribution >= 4 is 29.5 Å². The van der Waals surface area contributed by atoms with Crippen molar-refractivity contribution in [1.82, 2.24) is 14.7 Å². The average molecular weight is 468 g/mol. The molecule has 2 saturated heterocycles. The maximum absolute atomic E-state index is 13.3. The molecule has 0 bridgehead atoms. The standard InChI is InChI=1S/C23H31ClFN3O4/c1-16-10-18(29)13-26(12-16)14-19(30)15-28-9-8-27(7-6-23(28)32)22(31)5-3-17-2-4-21(25)20(24)11-17/h2-5,11,16,18-19,29-30H,6-10,12-15H2,1H3/b5-3+/t16-,18+,19+/m1/s1. The molecule has 2 heterocycles. The molecule has 2 fully saturated rings. The van der Waals surface area contributed by atoms with Crippen molar-refractivity contribution in [2.45, 2.75) is 32.0 Å². The molecule has 32 heavy (non-hydrogen) atoms. The minimum absolute atomic E-state index is 0.0114. The van der Waals surface area contributed by atoms with Crippen molar-refractivity contribution in [3.63, 3.8) is 0 Å². The van der Waals surface area contributed by atoms with Crippen LogP contribution in [0.1, 0.15) is 25.3 Å². The van der Waals surface area contributed by atoms with Gasteiger partial charge in [-0.15, -0.1) is 0 Å². The van der Waals surface area contributed by atoms with Crippen LogP contribution < -0.4 is 0 Å². The molecule has 1 aromatic carbocycles. The van der Waals surface area contributed by atoms with E-state index in [4.69, 9.17) is 11.6 Å². The lowest BCUT2D eigenvalue weighted by Gasteiger charge is -2.36. The minimum atomic E-state index is -0.721. The van der Waals surface area contributed by atoms with Gasteiger partial charge in [-0.3, -0.25) is 14.5 Å². The van der Waals surface area contributed by atoms with E-state index < -0.39 is 11.9 Å². The van der Waals surface area contributed by atoms with Gasteiger partial charge in [0.1, 0.15) is 5.82 Å². The maximum Gasteiger partial charge on any atom is 0.246 e. The lowest BCUT2D eigenvalue weighted by atomic mass is 9.98. The molecule has 0 saturated carbocycles. The number of carbonyl (C=O) groups excluding carboxylic acids is 2. The van der Waals surface area contributed by atoms with E-state index in [1.165, 1.54) is 24.3 Å². The maximum atomic E-state index is 13.3. The molecule has 2 amide bonds. The fraction of sp³-hybridized carbons (Fsp3) is 0.565. The number of β-amino-alcohol motifs (C(OH)–C–C–N with tert-alkyl or cyclic N) is 2. The highest BCUT2D eigenvalue weighted by Gasteiger charge is 2.28. The van der Waals surface area contributed by atoms with E-state index in [1.54, 1.807) is 15.9 Å². The third-order valence-corrected chi connectivity index (χ3v) is 6.16. The first kappa shape index (κ1) is 24.6. The molecule has 0 aromatic heterocycles. The SMILES string of the molecule is C[C@@H]1C[C@H](O)CN(C[C@H](O)CN2CCN(C(=O)/C=C/c3ccc(F)c(Cl)c3)CCC2=O)C1. The number of benzene rings is 1. The van der Waals surface area contributed by atoms with Gasteiger partial charge in [0.25, 0.3) is 0 Å². The van der Waals surface area contributed by atoms with Gasteiger partial charge >= 0.3 is 0 Å². The third-order valence-electron chi connectivity index (χ3n) is 5.88. The monoisotopic (exact) mass is 467 g/mol. The number of aliphatic hydroxyl groups is 2. The Hall–Kier alpha value is -2.00. The Kier molecular flexibility index (Phi) is 8.64. The molecule has 9 heteroatoms. The van der Waals surface area contributed by atoms with E-state index in [0.717, 1.165) is 13.0 Å². The Labute approximate surface area is 193 Å². The fourth-order valence-electron chi connectivity index (χ4n) is 4.36. The van der Waals surface area contributed by atoms with Crippen LogP contribution in [0.3, 0.4) is 0 Å². The van der Waals surface area contributed by atoms with E-state index in [0.29, 0.717) is 44.2 Å². The smallest absolute Gasteiger partial charge is 0.246 e. The summed E-state index contributed by atoms with van der Waals surface area (Å²) in [5.41, 5.74) is 0.609. The molecular weight excluding hydrogens is 437 g/mol. The first-order chi connectivity index (χ1) is 15.2. The van der Waals surface area contributed by atoms with E-state index in [1.807, 2.05) is 4.90 Å². The highest BCUT2D eigenvalue weighted by Crippen LogP contribution is 2.18. The second-order valence-electron chi connectivity index (χ2n) is 8.79. The molecule has 1 aromatic rings. The second-order valence-corrected chi connectivity index (χ2v) is 9.20. The molecule has 0 aliphatic carbocycles. The lowest BCUT2D eigenvalue weighted by molar-refractivity contribution is -0.132. The van der Waals surface area contributed by atoms with Crippen molar-refractivity contribution in [2.24, 2.45) is 5.92 Å². The molecule has 2 aliphatic heterocycles. The molecule has 0 unspecified atom stereocenters. The van der Waals surface area contributed by atoms with Crippen LogP contribution in [0.2, 0.25) is 5.02 Å². The normalized spacial score (nSPS) is 24.1. The topological polar surface area (TPSA) is 84.3 Å². The summed E-state index contributed by atoms with van der Waals surface area (Å²) in [6.07, 6.45) is 2.81. The first-order valence-corrected chi connectivity index (χ1v) is 11.4. The zero-order valence-electron chi connectivity index (χ0n) is 18.3. The number of rotatable bonds is 6. The van der Waals surface area contributed by atoms with Gasteiger partial charge < -0.3 is 20.0 Å². The number of halogens is 2. The Morgan fingerprint density at radius 1 is 1.28 bits per heavy atom. The first-order valence-electron chi connectivity index (χ1n) is 11.0. The van der Waals surface area contributed by atoms with Gasteiger partial charge in [0, 0.05) is 58.3 Å². The molecule has 7 nitrogen and oxygen atoms in total. The molecule has 176 valence electrons. The largest absolute Gasteiger partial charge is 0.392 e. The van der Waals surface area contributed by atoms with Crippen molar-refractivity contribution in [1.29, 1.82) is 0 Å². The second kappa shape index (κ2) is 11.2. The van der Waals surface area contributed by atoms with Gasteiger partial charge in [-0.1, -0.05) is 24.6 Å². The van der Waals surface area contributed by atoms with Crippen LogP contribution in [0.4, 0.5) is 4.39 Å². The number of nitrogens with zero attached hydrogens (tertiary/aromatic N) is 3. The van der Waals surface area contributed by atoms with Crippen LogP contribution in [-0.2, 0) is 9.59 Å². The summed E-state index contributed by atoms with van der Waals surface area (Å²) in [5.74, 6) is -0.489. The quantitative estimate of drug-likeness (QED) is 0.621. The van der Waals surface area contributed by atoms with Gasteiger partial charge in [0.15, 0.2) is 0 Å². The zero-order chi connectivity index (χ0) is 23.3. The lowest BCUT2D eigenvalue weighted by Crippen LogP contribution is -2.48. The van der Waals surface area contributed by atoms with Crippen molar-refractivity contribution in [2.75, 3.05) is 45.8 Å². The predicted molar refractivity (Wildman–Crippen MR) is 120 cm³/mol. The van der Waals surface area contributed by atoms with Crippen LogP contribution in [-0.4, -0.2) is 94.7 Å². The van der Waals surface area contributed by atoms with Crippen LogP contribution in [0, 0.1) is 11.7 Å². The molecule has 0 radical (unpaired) electrons. The van der Waals surface area contributed by atoms with E-state index in [9.17, 15) is 24.2 Å². The molecule has 0 spiro atoms. The molecule has 3 rings (SSSR count). The Bertz CT molecular complexity index is 843. The van der Waals surface area contributed by atoms with Gasteiger partial charge in [-0.2, -0.15) is 0 Å². The fourth-order valence-corrected chi connectivity index (χ4v) is 4.54. The summed E-state index contributed by atoms with van der Waals surface area (Å²) < 4.78 is 13.3. The summed E-state index contributed by atoms with van der Waals surface area (Å²) in [4.78, 5) is 30.3. The van der Waals surface area contributed by atoms with Crippen LogP contribution in [0.15, 0.2) is 24.3 Å². The third kappa shape index (κ3) is 7.00. The van der Waals surface area contributed by atoms with Crippen LogP contribution in [0.25, 0.3) is 6.08 Å². The number of hydrogen-bond donors (Lipinski definition) is 2. The average Bonchev–Trinajstić information content (AvgIpc) is 2.89. The highest BCUT2D eigenvalue weighted by atomic mass is 35.5. The van der Waals surface area contributed by atoms with E-state index >= 15 is 0 Å². The number of hydrogen-bond acceptors (Lipinski definition) is 5. The molecule has 3 atom stereocenters. The van der Waals surface area contributed by atoms with Gasteiger partial charge in [0.2, 0.25) is 11.8 Å². The number of amides is 2. The summed E-state index contributed by atoms with van der Waals surface area (Å²) in [7, 11) is 0. The van der Waals surface area contributed by atoms with Gasteiger partial charge in [-0.25, -0.2) is 4.39 Å². The van der Waals surface area contributed by atoms with E-state index in [-0.39, 0.29) is 35.9 Å². The zero-order valence-corrected chi connectivity index (χ0v) is 19.0. The predicted octanol–water partition coefficient (Wildman–Crippen LogP) is 1.62. The van der Waals surface area contributed by atoms with Gasteiger partial charge in [-0.05, 0) is 36.1 Å². The van der Waals surface area contributed by atoms with Crippen molar-refractivity contribution in [3.05, 3.63) is 40.7 Å². The Balaban J connectivity index is 1.51. The van der Waals surface area contributed by atoms with Crippen molar-refractivity contribution < 1.29 is 24.2 Å². The number of carbonyl (C=O) groups is 2. The molecular formula is C23H31ClFN3O4. The summed E-state index contributed by atoms with van der Waals surface area (Å²) in [6, 6.07) is 4.21. The Morgan fingerprint density at radius 3 is 2.78 bits per heavy atom. The van der Waals surface area contributed by atoms with Gasteiger partial charge in [0.05, 0.1) is 17.2 Å². The van der Waals surface area contributed by atoms with Crippen LogP contribution >= 0.6 is 11.6 Å². The number of likely N-dealkylation sites (tertiary alicyclic amines) is 1.